The lowest BCUT2D eigenvalue weighted by Crippen LogP contribution is -2.50. The summed E-state index contributed by atoms with van der Waals surface area (Å²) in [5.41, 5.74) is 4.80. The monoisotopic (exact) mass is 285 g/mol. The first-order valence-electron chi connectivity index (χ1n) is 5.63. The second kappa shape index (κ2) is 4.48. The molecule has 0 aliphatic carbocycles. The van der Waals surface area contributed by atoms with Crippen molar-refractivity contribution >= 4 is 21.7 Å². The summed E-state index contributed by atoms with van der Waals surface area (Å²) in [6.07, 6.45) is 0.251. The van der Waals surface area contributed by atoms with Gasteiger partial charge in [0.05, 0.1) is 5.69 Å². The van der Waals surface area contributed by atoms with E-state index < -0.39 is 21.5 Å². The number of primary sulfonamides is 1. The summed E-state index contributed by atoms with van der Waals surface area (Å²) in [5, 5.41) is 14.2. The highest BCUT2D eigenvalue weighted by Crippen LogP contribution is 2.30. The number of hydrogen-bond acceptors (Lipinski definition) is 5. The minimum absolute atomic E-state index is 0.0235. The van der Waals surface area contributed by atoms with Crippen molar-refractivity contribution in [1.29, 1.82) is 0 Å². The molecule has 2 rings (SSSR count). The Morgan fingerprint density at radius 3 is 2.53 bits per heavy atom. The number of carbonyl (C=O) groups is 1. The maximum Gasteiger partial charge on any atom is 0.325 e. The van der Waals surface area contributed by atoms with E-state index in [9.17, 15) is 13.2 Å². The molecule has 1 aromatic carbocycles. The van der Waals surface area contributed by atoms with E-state index in [-0.39, 0.29) is 17.9 Å². The summed E-state index contributed by atoms with van der Waals surface area (Å²) in [6, 6.07) is 6.21. The fourth-order valence-corrected chi connectivity index (χ4v) is 2.93. The van der Waals surface area contributed by atoms with Gasteiger partial charge in [0.1, 0.15) is 10.4 Å². The van der Waals surface area contributed by atoms with Crippen molar-refractivity contribution in [3.05, 3.63) is 24.3 Å². The summed E-state index contributed by atoms with van der Waals surface area (Å²) in [5.74, 6) is -1.09. The number of nitrogens with zero attached hydrogens (tertiary/aromatic N) is 1. The predicted molar refractivity (Wildman–Crippen MR) is 69.2 cm³/mol. The van der Waals surface area contributed by atoms with E-state index in [1.807, 2.05) is 0 Å². The van der Waals surface area contributed by atoms with E-state index in [1.165, 1.54) is 6.07 Å². The van der Waals surface area contributed by atoms with Gasteiger partial charge >= 0.3 is 5.97 Å². The third kappa shape index (κ3) is 2.55. The Kier molecular flexibility index (Phi) is 3.25. The number of rotatable bonds is 3. The number of sulfonamides is 1. The first-order chi connectivity index (χ1) is 8.74. The van der Waals surface area contributed by atoms with Crippen molar-refractivity contribution in [2.24, 2.45) is 10.9 Å². The summed E-state index contributed by atoms with van der Waals surface area (Å²) in [6.45, 7) is 0.421. The van der Waals surface area contributed by atoms with Crippen molar-refractivity contribution < 1.29 is 18.3 Å². The summed E-state index contributed by atoms with van der Waals surface area (Å²) < 4.78 is 23.0. The van der Waals surface area contributed by atoms with Crippen molar-refractivity contribution in [3.8, 4) is 0 Å². The van der Waals surface area contributed by atoms with E-state index in [0.29, 0.717) is 12.2 Å². The Hall–Kier alpha value is -1.64. The smallest absolute Gasteiger partial charge is 0.325 e. The van der Waals surface area contributed by atoms with Crippen LogP contribution in [0.2, 0.25) is 0 Å². The van der Waals surface area contributed by atoms with Crippen LogP contribution in [0.4, 0.5) is 5.69 Å². The lowest BCUT2D eigenvalue weighted by Gasteiger charge is -2.23. The molecule has 19 heavy (non-hydrogen) atoms. The quantitative estimate of drug-likeness (QED) is 0.675. The molecule has 0 aromatic heterocycles. The Morgan fingerprint density at radius 2 is 2.00 bits per heavy atom. The number of carboxylic acids is 1. The van der Waals surface area contributed by atoms with Crippen molar-refractivity contribution in [1.82, 2.24) is 0 Å². The fraction of sp³-hybridized carbons (Fsp3) is 0.364. The average Bonchev–Trinajstić information content (AvgIpc) is 2.72. The van der Waals surface area contributed by atoms with Crippen LogP contribution in [-0.4, -0.2) is 38.1 Å². The molecule has 104 valence electrons. The topological polar surface area (TPSA) is 127 Å². The number of nitrogens with two attached hydrogens (primary N) is 2. The maximum absolute atomic E-state index is 11.5. The van der Waals surface area contributed by atoms with Crippen LogP contribution < -0.4 is 15.8 Å². The molecule has 0 bridgehead atoms. The highest BCUT2D eigenvalue weighted by atomic mass is 32.2. The molecule has 1 heterocycles. The minimum Gasteiger partial charge on any atom is -0.480 e. The standard InChI is InChI=1S/C11H15N3O4S/c12-11(10(15)16)5-6-14(7-11)8-3-1-2-4-9(8)19(13,17)18/h1-4H,5-7,12H2,(H,15,16)(H2,13,17,18). The van der Waals surface area contributed by atoms with Crippen LogP contribution in [0.3, 0.4) is 0 Å². The van der Waals surface area contributed by atoms with E-state index in [1.54, 1.807) is 23.1 Å². The second-order valence-electron chi connectivity index (χ2n) is 4.65. The molecular formula is C11H15N3O4S. The van der Waals surface area contributed by atoms with Crippen LogP contribution in [0, 0.1) is 0 Å². The zero-order valence-electron chi connectivity index (χ0n) is 10.1. The predicted octanol–water partition coefficient (Wildman–Crippen LogP) is -0.674. The van der Waals surface area contributed by atoms with Crippen LogP contribution in [-0.2, 0) is 14.8 Å². The number of para-hydroxylation sites is 1. The SMILES string of the molecule is NC1(C(=O)O)CCN(c2ccccc2S(N)(=O)=O)C1. The van der Waals surface area contributed by atoms with E-state index >= 15 is 0 Å². The number of benzene rings is 1. The maximum atomic E-state index is 11.5. The van der Waals surface area contributed by atoms with E-state index in [2.05, 4.69) is 0 Å². The van der Waals surface area contributed by atoms with Crippen molar-refractivity contribution in [2.45, 2.75) is 16.9 Å². The van der Waals surface area contributed by atoms with Crippen molar-refractivity contribution in [2.75, 3.05) is 18.0 Å². The lowest BCUT2D eigenvalue weighted by molar-refractivity contribution is -0.142. The average molecular weight is 285 g/mol. The van der Waals surface area contributed by atoms with Gasteiger partial charge in [-0.3, -0.25) is 4.79 Å². The normalized spacial score (nSPS) is 23.6. The fourth-order valence-electron chi connectivity index (χ4n) is 2.17. The third-order valence-corrected chi connectivity index (χ3v) is 4.20. The first kappa shape index (κ1) is 13.8. The Bertz CT molecular complexity index is 616. The molecule has 0 radical (unpaired) electrons. The summed E-state index contributed by atoms with van der Waals surface area (Å²) in [4.78, 5) is 12.7. The van der Waals surface area contributed by atoms with Crippen LogP contribution in [0.5, 0.6) is 0 Å². The van der Waals surface area contributed by atoms with Gasteiger partial charge in [-0.05, 0) is 18.6 Å². The molecule has 1 unspecified atom stereocenters. The number of hydrogen-bond donors (Lipinski definition) is 3. The molecular weight excluding hydrogens is 270 g/mol. The third-order valence-electron chi connectivity index (χ3n) is 3.24. The molecule has 1 atom stereocenters. The zero-order chi connectivity index (χ0) is 14.3. The van der Waals surface area contributed by atoms with Gasteiger partial charge in [0.25, 0.3) is 0 Å². The molecule has 1 saturated heterocycles. The van der Waals surface area contributed by atoms with Crippen LogP contribution in [0.15, 0.2) is 29.2 Å². The Labute approximate surface area is 110 Å². The van der Waals surface area contributed by atoms with Gasteiger partial charge in [0, 0.05) is 13.1 Å². The molecule has 0 saturated carbocycles. The van der Waals surface area contributed by atoms with Gasteiger partial charge in [-0.1, -0.05) is 12.1 Å². The van der Waals surface area contributed by atoms with E-state index in [0.717, 1.165) is 0 Å². The zero-order valence-corrected chi connectivity index (χ0v) is 10.9. The number of anilines is 1. The molecule has 1 aliphatic rings. The molecule has 8 heteroatoms. The first-order valence-corrected chi connectivity index (χ1v) is 7.18. The highest BCUT2D eigenvalue weighted by Gasteiger charge is 2.42. The summed E-state index contributed by atoms with van der Waals surface area (Å²) >= 11 is 0. The van der Waals surface area contributed by atoms with Crippen LogP contribution in [0.1, 0.15) is 6.42 Å². The van der Waals surface area contributed by atoms with Gasteiger partial charge in [-0.25, -0.2) is 13.6 Å². The molecule has 7 nitrogen and oxygen atoms in total. The van der Waals surface area contributed by atoms with Crippen LogP contribution >= 0.6 is 0 Å². The molecule has 5 N–H and O–H groups in total. The molecule has 0 spiro atoms. The minimum atomic E-state index is -3.86. The molecule has 1 aliphatic heterocycles. The second-order valence-corrected chi connectivity index (χ2v) is 6.18. The molecule has 1 aromatic rings. The van der Waals surface area contributed by atoms with Gasteiger partial charge in [-0.15, -0.1) is 0 Å². The van der Waals surface area contributed by atoms with E-state index in [4.69, 9.17) is 16.0 Å². The van der Waals surface area contributed by atoms with Crippen LogP contribution in [0.25, 0.3) is 0 Å². The molecule has 1 fully saturated rings. The lowest BCUT2D eigenvalue weighted by atomic mass is 10.0. The summed E-state index contributed by atoms with van der Waals surface area (Å²) in [7, 11) is -3.86. The van der Waals surface area contributed by atoms with Crippen molar-refractivity contribution in [3.63, 3.8) is 0 Å². The number of aliphatic carboxylic acids is 1. The van der Waals surface area contributed by atoms with Gasteiger partial charge in [0.2, 0.25) is 10.0 Å². The van der Waals surface area contributed by atoms with Gasteiger partial charge in [-0.2, -0.15) is 0 Å². The number of carboxylic acid groups (broad SMARTS) is 1. The highest BCUT2D eigenvalue weighted by molar-refractivity contribution is 7.89. The van der Waals surface area contributed by atoms with Gasteiger partial charge < -0.3 is 15.7 Å². The van der Waals surface area contributed by atoms with Gasteiger partial charge in [0.15, 0.2) is 0 Å². The Morgan fingerprint density at radius 1 is 1.37 bits per heavy atom. The largest absolute Gasteiger partial charge is 0.480 e. The Balaban J connectivity index is 2.38. The molecule has 0 amide bonds.